The number of nitrogens with zero attached hydrogens (tertiary/aromatic N) is 1. The lowest BCUT2D eigenvalue weighted by Gasteiger charge is -2.28. The van der Waals surface area contributed by atoms with E-state index in [1.165, 1.54) is 61.0 Å². The number of carboxylic acid groups (broad SMARTS) is 1. The highest BCUT2D eigenvalue weighted by Crippen LogP contribution is 2.47. The summed E-state index contributed by atoms with van der Waals surface area (Å²) >= 11 is 6.38. The number of hydrogen-bond donors (Lipinski definition) is 1. The molecule has 3 aromatic carbocycles. The summed E-state index contributed by atoms with van der Waals surface area (Å²) in [5, 5.41) is 9.02. The maximum Gasteiger partial charge on any atom is 0.419 e. The van der Waals surface area contributed by atoms with Gasteiger partial charge in [-0.3, -0.25) is 4.57 Å². The fourth-order valence-corrected chi connectivity index (χ4v) is 4.58. The number of oxazole rings is 1. The Morgan fingerprint density at radius 1 is 1.06 bits per heavy atom. The largest absolute Gasteiger partial charge is 0.478 e. The van der Waals surface area contributed by atoms with E-state index >= 15 is 0 Å². The fraction of sp³-hybridized carbons (Fsp3) is 0.200. The maximum atomic E-state index is 14.2. The second-order valence-corrected chi connectivity index (χ2v) is 8.61. The number of aryl methyl sites for hydroxylation is 1. The van der Waals surface area contributed by atoms with Crippen molar-refractivity contribution >= 4 is 28.7 Å². The van der Waals surface area contributed by atoms with E-state index < -0.39 is 41.1 Å². The predicted molar refractivity (Wildman–Crippen MR) is 122 cm³/mol. The molecule has 0 saturated carbocycles. The molecule has 2 unspecified atom stereocenters. The van der Waals surface area contributed by atoms with Gasteiger partial charge in [0.2, 0.25) is 0 Å². The molecule has 1 aromatic heterocycles. The third-order valence-corrected chi connectivity index (χ3v) is 6.38. The summed E-state index contributed by atoms with van der Waals surface area (Å²) in [7, 11) is 1.46. The number of carboxylic acids is 1. The monoisotopic (exact) mass is 507 g/mol. The third kappa shape index (κ3) is 4.55. The first-order valence-electron chi connectivity index (χ1n) is 10.4. The van der Waals surface area contributed by atoms with Gasteiger partial charge in [-0.05, 0) is 58.5 Å². The van der Waals surface area contributed by atoms with Crippen molar-refractivity contribution in [3.05, 3.63) is 92.7 Å². The van der Waals surface area contributed by atoms with Crippen molar-refractivity contribution < 1.29 is 31.9 Å². The first kappa shape index (κ1) is 24.5. The highest BCUT2D eigenvalue weighted by Gasteiger charge is 2.45. The Morgan fingerprint density at radius 2 is 1.71 bits per heavy atom. The van der Waals surface area contributed by atoms with Crippen LogP contribution >= 0.6 is 11.6 Å². The molecule has 0 radical (unpaired) electrons. The Balaban J connectivity index is 1.73. The van der Waals surface area contributed by atoms with Crippen molar-refractivity contribution in [1.82, 2.24) is 4.57 Å². The molecule has 0 fully saturated rings. The SMILES string of the molecule is CC(c1ccc(-c2ccc(C(=O)O)c(F)c2)cc1Cl)C(c1ccc2c(c1)oc(=O)n2C)C(F)(F)F. The third-order valence-electron chi connectivity index (χ3n) is 6.05. The second kappa shape index (κ2) is 8.88. The normalized spacial score (nSPS) is 13.7. The van der Waals surface area contributed by atoms with Gasteiger partial charge < -0.3 is 9.52 Å². The summed E-state index contributed by atoms with van der Waals surface area (Å²) in [6.45, 7) is 1.39. The van der Waals surface area contributed by atoms with E-state index in [0.29, 0.717) is 16.6 Å². The summed E-state index contributed by atoms with van der Waals surface area (Å²) < 4.78 is 63.0. The molecule has 10 heteroatoms. The van der Waals surface area contributed by atoms with Crippen molar-refractivity contribution in [2.24, 2.45) is 7.05 Å². The number of carbonyl (C=O) groups is 1. The van der Waals surface area contributed by atoms with Gasteiger partial charge in [-0.15, -0.1) is 0 Å². The van der Waals surface area contributed by atoms with Crippen LogP contribution in [0, 0.1) is 5.82 Å². The van der Waals surface area contributed by atoms with Crippen LogP contribution in [-0.4, -0.2) is 21.8 Å². The number of alkyl halides is 3. The number of halogens is 5. The van der Waals surface area contributed by atoms with E-state index in [9.17, 15) is 27.2 Å². The van der Waals surface area contributed by atoms with Crippen molar-refractivity contribution in [2.45, 2.75) is 24.9 Å². The summed E-state index contributed by atoms with van der Waals surface area (Å²) in [4.78, 5) is 22.8. The van der Waals surface area contributed by atoms with Gasteiger partial charge in [-0.25, -0.2) is 14.0 Å². The number of fused-ring (bicyclic) bond motifs is 1. The number of aromatic nitrogens is 1. The summed E-state index contributed by atoms with van der Waals surface area (Å²) in [5.74, 6) is -6.10. The van der Waals surface area contributed by atoms with Gasteiger partial charge in [0.25, 0.3) is 0 Å². The molecule has 0 saturated heterocycles. The lowest BCUT2D eigenvalue weighted by Crippen LogP contribution is -2.26. The molecule has 0 amide bonds. The van der Waals surface area contributed by atoms with Gasteiger partial charge in [0.1, 0.15) is 5.82 Å². The summed E-state index contributed by atoms with van der Waals surface area (Å²) in [6.07, 6.45) is -4.64. The van der Waals surface area contributed by atoms with E-state index in [1.807, 2.05) is 0 Å². The zero-order valence-corrected chi connectivity index (χ0v) is 19.1. The molecule has 1 heterocycles. The van der Waals surface area contributed by atoms with Crippen molar-refractivity contribution in [3.8, 4) is 11.1 Å². The van der Waals surface area contributed by atoms with Crippen LogP contribution in [0.25, 0.3) is 22.2 Å². The van der Waals surface area contributed by atoms with Gasteiger partial charge in [0.05, 0.1) is 17.0 Å². The van der Waals surface area contributed by atoms with Crippen LogP contribution in [0.2, 0.25) is 5.02 Å². The van der Waals surface area contributed by atoms with E-state index in [4.69, 9.17) is 21.1 Å². The van der Waals surface area contributed by atoms with Crippen LogP contribution in [0.3, 0.4) is 0 Å². The summed E-state index contributed by atoms with van der Waals surface area (Å²) in [6, 6.07) is 11.8. The molecular formula is C25H18ClF4NO4. The second-order valence-electron chi connectivity index (χ2n) is 8.20. The van der Waals surface area contributed by atoms with Gasteiger partial charge in [0.15, 0.2) is 5.58 Å². The van der Waals surface area contributed by atoms with Crippen molar-refractivity contribution in [1.29, 1.82) is 0 Å². The van der Waals surface area contributed by atoms with Crippen molar-refractivity contribution in [3.63, 3.8) is 0 Å². The average Bonchev–Trinajstić information content (AvgIpc) is 3.05. The topological polar surface area (TPSA) is 72.4 Å². The fourth-order valence-electron chi connectivity index (χ4n) is 4.23. The first-order valence-corrected chi connectivity index (χ1v) is 10.7. The molecule has 4 rings (SSSR count). The lowest BCUT2D eigenvalue weighted by molar-refractivity contribution is -0.154. The Labute approximate surface area is 201 Å². The Bertz CT molecular complexity index is 1510. The molecule has 0 aliphatic carbocycles. The molecule has 0 spiro atoms. The van der Waals surface area contributed by atoms with E-state index in [1.54, 1.807) is 0 Å². The smallest absolute Gasteiger partial charge is 0.419 e. The highest BCUT2D eigenvalue weighted by molar-refractivity contribution is 6.31. The number of aromatic carboxylic acids is 1. The van der Waals surface area contributed by atoms with E-state index in [-0.39, 0.29) is 21.7 Å². The number of benzene rings is 3. The molecule has 0 aliphatic heterocycles. The Hall–Kier alpha value is -3.59. The Kier molecular flexibility index (Phi) is 6.23. The molecule has 5 nitrogen and oxygen atoms in total. The first-order chi connectivity index (χ1) is 16.4. The molecule has 1 N–H and O–H groups in total. The standard InChI is InChI=1S/C25H18ClF4NO4/c1-12(22(25(28,29)30)15-5-8-20-21(11-15)35-24(34)31(20)2)16-6-3-13(9-18(16)26)14-4-7-17(23(32)33)19(27)10-14/h3-12,22H,1-2H3,(H,32,33). The molecule has 4 aromatic rings. The van der Waals surface area contributed by atoms with Crippen LogP contribution in [-0.2, 0) is 7.05 Å². The molecule has 0 bridgehead atoms. The minimum absolute atomic E-state index is 0.0410. The zero-order valence-electron chi connectivity index (χ0n) is 18.4. The molecule has 0 aliphatic rings. The van der Waals surface area contributed by atoms with Gasteiger partial charge >= 0.3 is 17.9 Å². The summed E-state index contributed by atoms with van der Waals surface area (Å²) in [5.41, 5.74) is 0.793. The van der Waals surface area contributed by atoms with Crippen LogP contribution in [0.15, 0.2) is 63.8 Å². The minimum atomic E-state index is -4.64. The molecule has 35 heavy (non-hydrogen) atoms. The van der Waals surface area contributed by atoms with Crippen LogP contribution in [0.5, 0.6) is 0 Å². The predicted octanol–water partition coefficient (Wildman–Crippen LogP) is 6.74. The molecular weight excluding hydrogens is 490 g/mol. The number of hydrogen-bond acceptors (Lipinski definition) is 3. The van der Waals surface area contributed by atoms with Gasteiger partial charge in [-0.1, -0.05) is 42.8 Å². The van der Waals surface area contributed by atoms with Crippen LogP contribution in [0.1, 0.15) is 40.2 Å². The average molecular weight is 508 g/mol. The van der Waals surface area contributed by atoms with Crippen molar-refractivity contribution in [2.75, 3.05) is 0 Å². The van der Waals surface area contributed by atoms with Crippen LogP contribution in [0.4, 0.5) is 17.6 Å². The quantitative estimate of drug-likeness (QED) is 0.304. The zero-order chi connectivity index (χ0) is 25.7. The van der Waals surface area contributed by atoms with E-state index in [0.717, 1.165) is 12.1 Å². The minimum Gasteiger partial charge on any atom is -0.478 e. The number of rotatable bonds is 5. The lowest BCUT2D eigenvalue weighted by atomic mass is 9.81. The highest BCUT2D eigenvalue weighted by atomic mass is 35.5. The van der Waals surface area contributed by atoms with Crippen LogP contribution < -0.4 is 5.76 Å². The van der Waals surface area contributed by atoms with E-state index in [2.05, 4.69) is 0 Å². The van der Waals surface area contributed by atoms with Gasteiger partial charge in [0, 0.05) is 12.1 Å². The molecule has 182 valence electrons. The maximum absolute atomic E-state index is 14.2. The molecule has 2 atom stereocenters. The van der Waals surface area contributed by atoms with Gasteiger partial charge in [-0.2, -0.15) is 13.2 Å². The Morgan fingerprint density at radius 3 is 2.31 bits per heavy atom.